The van der Waals surface area contributed by atoms with Crippen LogP contribution < -0.4 is 15.6 Å². The van der Waals surface area contributed by atoms with Crippen LogP contribution >= 0.6 is 0 Å². The molecule has 2 heterocycles. The van der Waals surface area contributed by atoms with E-state index in [1.807, 2.05) is 18.2 Å². The Morgan fingerprint density at radius 1 is 1.00 bits per heavy atom. The third-order valence-electron chi connectivity index (χ3n) is 6.87. The second-order valence-corrected chi connectivity index (χ2v) is 10.7. The monoisotopic (exact) mass is 491 g/mol. The number of rotatable bonds is 6. The van der Waals surface area contributed by atoms with Gasteiger partial charge >= 0.3 is 0 Å². The van der Waals surface area contributed by atoms with Crippen molar-refractivity contribution in [2.45, 2.75) is 23.3 Å². The van der Waals surface area contributed by atoms with Crippen molar-refractivity contribution in [3.8, 4) is 5.75 Å². The van der Waals surface area contributed by atoms with E-state index in [0.717, 1.165) is 21.7 Å². The standard InChI is InChI=1S/C26H25N3O5S/c1-29(35(32,33)21-9-7-17-6-8-20(34-2)14-19(17)15-21)26(12-13-27-25(26)31)16-18-4-3-5-23-22(18)10-11-24(30)28-23/h3-11,14-15H,12-13,16H2,1-2H3,(H,27,31)(H,28,30)/t26-/m1/s1. The molecule has 1 aliphatic heterocycles. The van der Waals surface area contributed by atoms with Crippen LogP contribution in [0.2, 0.25) is 0 Å². The van der Waals surface area contributed by atoms with Gasteiger partial charge in [0.15, 0.2) is 0 Å². The van der Waals surface area contributed by atoms with E-state index >= 15 is 0 Å². The van der Waals surface area contributed by atoms with Crippen molar-refractivity contribution in [1.82, 2.24) is 14.6 Å². The van der Waals surface area contributed by atoms with Gasteiger partial charge in [0, 0.05) is 37.0 Å². The Kier molecular flexibility index (Phi) is 5.61. The van der Waals surface area contributed by atoms with Gasteiger partial charge < -0.3 is 15.0 Å². The first-order valence-corrected chi connectivity index (χ1v) is 12.6. The van der Waals surface area contributed by atoms with Gasteiger partial charge in [-0.05, 0) is 59.2 Å². The second-order valence-electron chi connectivity index (χ2n) is 8.76. The van der Waals surface area contributed by atoms with E-state index in [1.54, 1.807) is 49.6 Å². The first-order chi connectivity index (χ1) is 16.7. The number of sulfonamides is 1. The van der Waals surface area contributed by atoms with Gasteiger partial charge in [-0.15, -0.1) is 0 Å². The summed E-state index contributed by atoms with van der Waals surface area (Å²) in [5.41, 5.74) is -0.124. The number of hydrogen-bond donors (Lipinski definition) is 2. The van der Waals surface area contributed by atoms with E-state index in [-0.39, 0.29) is 22.8 Å². The Balaban J connectivity index is 1.59. The zero-order valence-electron chi connectivity index (χ0n) is 19.4. The second kappa shape index (κ2) is 8.51. The highest BCUT2D eigenvalue weighted by molar-refractivity contribution is 7.89. The van der Waals surface area contributed by atoms with E-state index in [2.05, 4.69) is 10.3 Å². The van der Waals surface area contributed by atoms with Gasteiger partial charge in [0.1, 0.15) is 11.3 Å². The van der Waals surface area contributed by atoms with E-state index in [9.17, 15) is 18.0 Å². The number of aromatic nitrogens is 1. The predicted molar refractivity (Wildman–Crippen MR) is 134 cm³/mol. The topological polar surface area (TPSA) is 109 Å². The highest BCUT2D eigenvalue weighted by atomic mass is 32.2. The van der Waals surface area contributed by atoms with Crippen LogP contribution in [0.5, 0.6) is 5.75 Å². The molecule has 5 rings (SSSR count). The molecule has 3 aromatic carbocycles. The van der Waals surface area contributed by atoms with Crippen LogP contribution in [0.4, 0.5) is 0 Å². The molecule has 1 amide bonds. The highest BCUT2D eigenvalue weighted by Gasteiger charge is 2.50. The Hall–Kier alpha value is -3.69. The van der Waals surface area contributed by atoms with Crippen molar-refractivity contribution in [2.75, 3.05) is 20.7 Å². The number of likely N-dealkylation sites (N-methyl/N-ethyl adjacent to an activating group) is 1. The Labute approximate surface area is 202 Å². The van der Waals surface area contributed by atoms with Crippen LogP contribution in [0, 0.1) is 0 Å². The maximum atomic E-state index is 13.8. The predicted octanol–water partition coefficient (Wildman–Crippen LogP) is 2.81. The number of ether oxygens (including phenoxy) is 1. The highest BCUT2D eigenvalue weighted by Crippen LogP contribution is 2.35. The van der Waals surface area contributed by atoms with Gasteiger partial charge in [-0.1, -0.05) is 24.3 Å². The number of hydrogen-bond acceptors (Lipinski definition) is 5. The molecule has 0 radical (unpaired) electrons. The van der Waals surface area contributed by atoms with Crippen molar-refractivity contribution in [2.24, 2.45) is 0 Å². The number of fused-ring (bicyclic) bond motifs is 2. The van der Waals surface area contributed by atoms with Gasteiger partial charge in [-0.25, -0.2) is 8.42 Å². The van der Waals surface area contributed by atoms with Crippen molar-refractivity contribution in [3.05, 3.63) is 82.6 Å². The fourth-order valence-corrected chi connectivity index (χ4v) is 6.37. The quantitative estimate of drug-likeness (QED) is 0.431. The minimum Gasteiger partial charge on any atom is -0.497 e. The lowest BCUT2D eigenvalue weighted by Gasteiger charge is -2.35. The van der Waals surface area contributed by atoms with Crippen LogP contribution in [0.15, 0.2) is 76.4 Å². The average molecular weight is 492 g/mol. The van der Waals surface area contributed by atoms with Crippen LogP contribution in [0.1, 0.15) is 12.0 Å². The van der Waals surface area contributed by atoms with Crippen LogP contribution in [0.3, 0.4) is 0 Å². The summed E-state index contributed by atoms with van der Waals surface area (Å²) in [6, 6.07) is 18.9. The average Bonchev–Trinajstić information content (AvgIpc) is 3.23. The van der Waals surface area contributed by atoms with Gasteiger partial charge in [0.05, 0.1) is 12.0 Å². The number of nitrogens with zero attached hydrogens (tertiary/aromatic N) is 1. The van der Waals surface area contributed by atoms with Crippen molar-refractivity contribution in [1.29, 1.82) is 0 Å². The minimum absolute atomic E-state index is 0.0991. The van der Waals surface area contributed by atoms with Crippen LogP contribution in [-0.4, -0.2) is 49.9 Å². The van der Waals surface area contributed by atoms with Gasteiger partial charge in [0.25, 0.3) is 0 Å². The van der Waals surface area contributed by atoms with Crippen molar-refractivity contribution >= 4 is 37.6 Å². The molecule has 1 aromatic heterocycles. The van der Waals surface area contributed by atoms with Gasteiger partial charge in [-0.2, -0.15) is 4.31 Å². The van der Waals surface area contributed by atoms with E-state index in [0.29, 0.717) is 24.2 Å². The molecule has 8 nitrogen and oxygen atoms in total. The summed E-state index contributed by atoms with van der Waals surface area (Å²) >= 11 is 0. The van der Waals surface area contributed by atoms with Crippen molar-refractivity contribution in [3.63, 3.8) is 0 Å². The first kappa shape index (κ1) is 23.1. The van der Waals surface area contributed by atoms with E-state index < -0.39 is 15.6 Å². The molecule has 1 atom stereocenters. The zero-order valence-corrected chi connectivity index (χ0v) is 20.2. The fourth-order valence-electron chi connectivity index (χ4n) is 4.84. The molecule has 35 heavy (non-hydrogen) atoms. The number of methoxy groups -OCH3 is 1. The molecule has 0 saturated carbocycles. The number of benzene rings is 3. The largest absolute Gasteiger partial charge is 0.497 e. The summed E-state index contributed by atoms with van der Waals surface area (Å²) in [7, 11) is -1.01. The molecular formula is C26H25N3O5S. The third kappa shape index (κ3) is 3.86. The summed E-state index contributed by atoms with van der Waals surface area (Å²) in [6.45, 7) is 0.370. The number of pyridine rings is 1. The summed E-state index contributed by atoms with van der Waals surface area (Å²) in [5, 5.41) is 5.19. The first-order valence-electron chi connectivity index (χ1n) is 11.2. The molecule has 9 heteroatoms. The number of nitrogens with one attached hydrogen (secondary N) is 2. The molecule has 1 saturated heterocycles. The lowest BCUT2D eigenvalue weighted by molar-refractivity contribution is -0.126. The molecule has 2 N–H and O–H groups in total. The van der Waals surface area contributed by atoms with Crippen LogP contribution in [0.25, 0.3) is 21.7 Å². The summed E-state index contributed by atoms with van der Waals surface area (Å²) < 4.78 is 34.2. The number of carbonyl (C=O) groups is 1. The van der Waals surface area contributed by atoms with E-state index in [4.69, 9.17) is 4.74 Å². The number of amides is 1. The molecule has 180 valence electrons. The summed E-state index contributed by atoms with van der Waals surface area (Å²) in [5.74, 6) is 0.286. The molecule has 0 aliphatic carbocycles. The molecule has 0 unspecified atom stereocenters. The van der Waals surface area contributed by atoms with Gasteiger partial charge in [-0.3, -0.25) is 9.59 Å². The maximum Gasteiger partial charge on any atom is 0.248 e. The number of aromatic amines is 1. The minimum atomic E-state index is -4.03. The van der Waals surface area contributed by atoms with E-state index in [1.165, 1.54) is 17.4 Å². The van der Waals surface area contributed by atoms with Gasteiger partial charge in [0.2, 0.25) is 21.5 Å². The Bertz CT molecular complexity index is 1630. The normalized spacial score (nSPS) is 18.3. The molecule has 1 aliphatic rings. The Morgan fingerprint density at radius 3 is 2.54 bits per heavy atom. The smallest absolute Gasteiger partial charge is 0.248 e. The summed E-state index contributed by atoms with van der Waals surface area (Å²) in [4.78, 5) is 27.9. The lowest BCUT2D eigenvalue weighted by Crippen LogP contribution is -2.55. The number of H-pyrrole nitrogens is 1. The number of carbonyl (C=O) groups excluding carboxylic acids is 1. The summed E-state index contributed by atoms with van der Waals surface area (Å²) in [6.07, 6.45) is 0.488. The molecule has 0 bridgehead atoms. The lowest BCUT2D eigenvalue weighted by atomic mass is 9.87. The molecular weight excluding hydrogens is 466 g/mol. The Morgan fingerprint density at radius 2 is 1.80 bits per heavy atom. The maximum absolute atomic E-state index is 13.8. The van der Waals surface area contributed by atoms with Crippen molar-refractivity contribution < 1.29 is 17.9 Å². The van der Waals surface area contributed by atoms with Crippen LogP contribution in [-0.2, 0) is 21.2 Å². The SMILES string of the molecule is COc1ccc2ccc(S(=O)(=O)N(C)[C@@]3(Cc4cccc5[nH]c(=O)ccc45)CCNC3=O)cc2c1. The molecule has 0 spiro atoms. The molecule has 4 aromatic rings. The fraction of sp³-hybridized carbons (Fsp3) is 0.231. The zero-order chi connectivity index (χ0) is 24.8. The molecule has 1 fully saturated rings. The third-order valence-corrected chi connectivity index (χ3v) is 8.79.